The van der Waals surface area contributed by atoms with Crippen molar-refractivity contribution >= 4 is 23.0 Å². The minimum absolute atomic E-state index is 0.0490. The van der Waals surface area contributed by atoms with Crippen LogP contribution in [0.4, 0.5) is 0 Å². The topological polar surface area (TPSA) is 41.5 Å². The molecular formula is C20H22N2OS. The van der Waals surface area contributed by atoms with Crippen molar-refractivity contribution in [2.24, 2.45) is 5.10 Å². The summed E-state index contributed by atoms with van der Waals surface area (Å²) >= 11 is 1.63. The number of carbonyl (C=O) groups is 1. The second-order valence-corrected chi connectivity index (χ2v) is 7.85. The molecule has 0 atom stereocenters. The van der Waals surface area contributed by atoms with Crippen molar-refractivity contribution in [1.29, 1.82) is 0 Å². The van der Waals surface area contributed by atoms with Crippen molar-refractivity contribution in [2.75, 3.05) is 0 Å². The molecule has 1 aromatic carbocycles. The average molecular weight is 338 g/mol. The first kappa shape index (κ1) is 15.6. The van der Waals surface area contributed by atoms with Gasteiger partial charge in [0.1, 0.15) is 0 Å². The number of carbonyl (C=O) groups excluding carboxylic acids is 1. The molecule has 0 radical (unpaired) electrons. The highest BCUT2D eigenvalue weighted by atomic mass is 32.1. The number of thiophene rings is 1. The Morgan fingerprint density at radius 2 is 1.88 bits per heavy atom. The van der Waals surface area contributed by atoms with E-state index in [0.717, 1.165) is 49.1 Å². The number of amides is 1. The fraction of sp³-hybridized carbons (Fsp3) is 0.400. The molecule has 1 saturated carbocycles. The van der Waals surface area contributed by atoms with Gasteiger partial charge in [0.15, 0.2) is 0 Å². The van der Waals surface area contributed by atoms with Gasteiger partial charge in [0.25, 0.3) is 5.91 Å². The highest BCUT2D eigenvalue weighted by Crippen LogP contribution is 2.32. The van der Waals surface area contributed by atoms with Gasteiger partial charge in [0.05, 0.1) is 4.88 Å². The lowest BCUT2D eigenvalue weighted by Gasteiger charge is -2.23. The van der Waals surface area contributed by atoms with Gasteiger partial charge in [-0.1, -0.05) is 30.3 Å². The Labute approximate surface area is 146 Å². The minimum Gasteiger partial charge on any atom is -0.266 e. The molecule has 1 amide bonds. The average Bonchev–Trinajstić information content (AvgIpc) is 3.23. The molecule has 0 aliphatic heterocycles. The molecular weight excluding hydrogens is 316 g/mol. The fourth-order valence-corrected chi connectivity index (χ4v) is 4.89. The standard InChI is InChI=1S/C20H22N2OS/c23-20(19-13-16-7-4-8-18(16)24-19)22-21-17-11-9-15(10-12-17)14-5-2-1-3-6-14/h1-3,5-6,13,15H,4,7-12H2,(H,22,23). The molecule has 0 spiro atoms. The number of aryl methyl sites for hydroxylation is 2. The number of hydrogen-bond acceptors (Lipinski definition) is 3. The number of benzene rings is 1. The highest BCUT2D eigenvalue weighted by Gasteiger charge is 2.20. The van der Waals surface area contributed by atoms with E-state index in [4.69, 9.17) is 0 Å². The van der Waals surface area contributed by atoms with Crippen LogP contribution in [0.1, 0.15) is 63.7 Å². The molecule has 0 bridgehead atoms. The van der Waals surface area contributed by atoms with Crippen LogP contribution >= 0.6 is 11.3 Å². The van der Waals surface area contributed by atoms with E-state index in [-0.39, 0.29) is 5.91 Å². The summed E-state index contributed by atoms with van der Waals surface area (Å²) in [5, 5.41) is 4.39. The summed E-state index contributed by atoms with van der Waals surface area (Å²) in [6.45, 7) is 0. The van der Waals surface area contributed by atoms with E-state index in [9.17, 15) is 4.79 Å². The predicted octanol–water partition coefficient (Wildman–Crippen LogP) is 4.68. The maximum atomic E-state index is 12.3. The summed E-state index contributed by atoms with van der Waals surface area (Å²) in [5.41, 5.74) is 6.68. The molecule has 24 heavy (non-hydrogen) atoms. The normalized spacial score (nSPS) is 19.8. The van der Waals surface area contributed by atoms with Crippen molar-refractivity contribution in [2.45, 2.75) is 50.9 Å². The molecule has 2 aromatic rings. The summed E-state index contributed by atoms with van der Waals surface area (Å²) in [6.07, 6.45) is 7.66. The van der Waals surface area contributed by atoms with E-state index in [1.54, 1.807) is 11.3 Å². The Bertz CT molecular complexity index is 732. The molecule has 0 unspecified atom stereocenters. The summed E-state index contributed by atoms with van der Waals surface area (Å²) in [5.74, 6) is 0.577. The van der Waals surface area contributed by atoms with E-state index in [1.165, 1.54) is 22.4 Å². The van der Waals surface area contributed by atoms with Crippen LogP contribution in [0.3, 0.4) is 0 Å². The largest absolute Gasteiger partial charge is 0.281 e. The third-order valence-corrected chi connectivity index (χ3v) is 6.36. The number of nitrogens with zero attached hydrogens (tertiary/aromatic N) is 1. The Balaban J connectivity index is 1.33. The van der Waals surface area contributed by atoms with Gasteiger partial charge in [-0.15, -0.1) is 11.3 Å². The van der Waals surface area contributed by atoms with Gasteiger partial charge >= 0.3 is 0 Å². The molecule has 124 valence electrons. The predicted molar refractivity (Wildman–Crippen MR) is 98.9 cm³/mol. The zero-order chi connectivity index (χ0) is 16.4. The lowest BCUT2D eigenvalue weighted by Crippen LogP contribution is -2.21. The zero-order valence-electron chi connectivity index (χ0n) is 13.8. The number of hydrazone groups is 1. The van der Waals surface area contributed by atoms with Gasteiger partial charge in [-0.3, -0.25) is 4.79 Å². The lowest BCUT2D eigenvalue weighted by atomic mass is 9.83. The van der Waals surface area contributed by atoms with E-state index < -0.39 is 0 Å². The second kappa shape index (κ2) is 6.89. The van der Waals surface area contributed by atoms with E-state index >= 15 is 0 Å². The van der Waals surface area contributed by atoms with Crippen LogP contribution in [0.5, 0.6) is 0 Å². The SMILES string of the molecule is O=C(NN=C1CCC(c2ccccc2)CC1)c1cc2c(s1)CCC2. The van der Waals surface area contributed by atoms with Crippen LogP contribution in [-0.2, 0) is 12.8 Å². The minimum atomic E-state index is -0.0490. The van der Waals surface area contributed by atoms with Crippen LogP contribution in [0, 0.1) is 0 Å². The molecule has 4 heteroatoms. The highest BCUT2D eigenvalue weighted by molar-refractivity contribution is 7.14. The second-order valence-electron chi connectivity index (χ2n) is 6.72. The molecule has 1 N–H and O–H groups in total. The van der Waals surface area contributed by atoms with Crippen molar-refractivity contribution in [1.82, 2.24) is 5.43 Å². The van der Waals surface area contributed by atoms with Gasteiger partial charge in [0.2, 0.25) is 0 Å². The molecule has 4 rings (SSSR count). The molecule has 0 saturated heterocycles. The van der Waals surface area contributed by atoms with Crippen LogP contribution in [0.2, 0.25) is 0 Å². The van der Waals surface area contributed by atoms with Gasteiger partial charge in [-0.2, -0.15) is 5.10 Å². The Kier molecular flexibility index (Phi) is 4.48. The Morgan fingerprint density at radius 3 is 2.62 bits per heavy atom. The van der Waals surface area contributed by atoms with Gasteiger partial charge in [0, 0.05) is 10.6 Å². The monoisotopic (exact) mass is 338 g/mol. The van der Waals surface area contributed by atoms with Crippen molar-refractivity contribution < 1.29 is 4.79 Å². The number of nitrogens with one attached hydrogen (secondary N) is 1. The summed E-state index contributed by atoms with van der Waals surface area (Å²) < 4.78 is 0. The van der Waals surface area contributed by atoms with E-state index in [0.29, 0.717) is 5.92 Å². The quantitative estimate of drug-likeness (QED) is 0.811. The van der Waals surface area contributed by atoms with Crippen molar-refractivity contribution in [3.05, 3.63) is 57.3 Å². The molecule has 2 aliphatic rings. The third-order valence-electron chi connectivity index (χ3n) is 5.12. The number of rotatable bonds is 3. The summed E-state index contributed by atoms with van der Waals surface area (Å²) in [7, 11) is 0. The number of fused-ring (bicyclic) bond motifs is 1. The molecule has 1 fully saturated rings. The zero-order valence-corrected chi connectivity index (χ0v) is 14.6. The molecule has 1 aromatic heterocycles. The number of hydrogen-bond donors (Lipinski definition) is 1. The molecule has 3 nitrogen and oxygen atoms in total. The van der Waals surface area contributed by atoms with Crippen molar-refractivity contribution in [3.63, 3.8) is 0 Å². The van der Waals surface area contributed by atoms with E-state index in [2.05, 4.69) is 46.9 Å². The summed E-state index contributed by atoms with van der Waals surface area (Å²) in [6, 6.07) is 12.8. The maximum absolute atomic E-state index is 12.3. The molecule has 2 aliphatic carbocycles. The maximum Gasteiger partial charge on any atom is 0.281 e. The van der Waals surface area contributed by atoms with Gasteiger partial charge < -0.3 is 0 Å². The van der Waals surface area contributed by atoms with Crippen molar-refractivity contribution in [3.8, 4) is 0 Å². The van der Waals surface area contributed by atoms with Gasteiger partial charge in [-0.05, 0) is 68.1 Å². The third kappa shape index (κ3) is 3.29. The van der Waals surface area contributed by atoms with Crippen LogP contribution in [-0.4, -0.2) is 11.6 Å². The van der Waals surface area contributed by atoms with Gasteiger partial charge in [-0.25, -0.2) is 5.43 Å². The summed E-state index contributed by atoms with van der Waals surface area (Å²) in [4.78, 5) is 14.5. The smallest absolute Gasteiger partial charge is 0.266 e. The fourth-order valence-electron chi connectivity index (χ4n) is 3.75. The van der Waals surface area contributed by atoms with Crippen LogP contribution in [0.25, 0.3) is 0 Å². The first-order valence-electron chi connectivity index (χ1n) is 8.82. The first-order chi connectivity index (χ1) is 11.8. The lowest BCUT2D eigenvalue weighted by molar-refractivity contribution is 0.0958. The Hall–Kier alpha value is -1.94. The first-order valence-corrected chi connectivity index (χ1v) is 9.63. The molecule has 1 heterocycles. The van der Waals surface area contributed by atoms with Crippen LogP contribution < -0.4 is 5.43 Å². The van der Waals surface area contributed by atoms with Crippen LogP contribution in [0.15, 0.2) is 41.5 Å². The van der Waals surface area contributed by atoms with E-state index in [1.807, 2.05) is 0 Å². The Morgan fingerprint density at radius 1 is 1.08 bits per heavy atom.